The quantitative estimate of drug-likeness (QED) is 0.815. The fourth-order valence-electron chi connectivity index (χ4n) is 2.16. The monoisotopic (exact) mass is 377 g/mol. The van der Waals surface area contributed by atoms with Gasteiger partial charge in [0.25, 0.3) is 5.91 Å². The molecule has 1 heterocycles. The Morgan fingerprint density at radius 2 is 2.14 bits per heavy atom. The van der Waals surface area contributed by atoms with E-state index in [-0.39, 0.29) is 18.3 Å². The Balaban J connectivity index is 0.00000220. The van der Waals surface area contributed by atoms with Crippen molar-refractivity contribution in [2.75, 3.05) is 46.4 Å². The van der Waals surface area contributed by atoms with Crippen LogP contribution in [0.15, 0.2) is 22.7 Å². The highest BCUT2D eigenvalue weighted by molar-refractivity contribution is 9.10. The molecule has 2 rings (SSSR count). The van der Waals surface area contributed by atoms with Gasteiger partial charge < -0.3 is 15.4 Å². The van der Waals surface area contributed by atoms with Gasteiger partial charge in [-0.15, -0.1) is 12.4 Å². The summed E-state index contributed by atoms with van der Waals surface area (Å²) < 4.78 is 5.92. The van der Waals surface area contributed by atoms with Crippen LogP contribution < -0.4 is 15.4 Å². The van der Waals surface area contributed by atoms with Crippen LogP contribution in [0.1, 0.15) is 10.4 Å². The first kappa shape index (κ1) is 18.2. The topological polar surface area (TPSA) is 53.6 Å². The summed E-state index contributed by atoms with van der Waals surface area (Å²) in [5.41, 5.74) is 0.602. The van der Waals surface area contributed by atoms with Crippen molar-refractivity contribution in [3.63, 3.8) is 0 Å². The number of piperazine rings is 1. The third-order valence-electron chi connectivity index (χ3n) is 3.34. The molecule has 1 amide bonds. The van der Waals surface area contributed by atoms with E-state index in [1.165, 1.54) is 0 Å². The maximum atomic E-state index is 12.1. The number of methoxy groups -OCH3 is 1. The van der Waals surface area contributed by atoms with Gasteiger partial charge in [-0.05, 0) is 34.1 Å². The molecular weight excluding hydrogens is 358 g/mol. The summed E-state index contributed by atoms with van der Waals surface area (Å²) in [5.74, 6) is 0.603. The van der Waals surface area contributed by atoms with Crippen molar-refractivity contribution in [1.29, 1.82) is 0 Å². The van der Waals surface area contributed by atoms with Crippen LogP contribution in [0.4, 0.5) is 0 Å². The number of hydrogen-bond acceptors (Lipinski definition) is 4. The summed E-state index contributed by atoms with van der Waals surface area (Å²) in [7, 11) is 1.59. The predicted octanol–water partition coefficient (Wildman–Crippen LogP) is 1.51. The Kier molecular flexibility index (Phi) is 8.03. The van der Waals surface area contributed by atoms with E-state index >= 15 is 0 Å². The van der Waals surface area contributed by atoms with Gasteiger partial charge in [-0.1, -0.05) is 0 Å². The molecule has 2 N–H and O–H groups in total. The van der Waals surface area contributed by atoms with Crippen LogP contribution in [-0.2, 0) is 0 Å². The van der Waals surface area contributed by atoms with E-state index in [1.54, 1.807) is 13.2 Å². The lowest BCUT2D eigenvalue weighted by atomic mass is 10.2. The number of nitrogens with one attached hydrogen (secondary N) is 2. The lowest BCUT2D eigenvalue weighted by molar-refractivity contribution is 0.0946. The van der Waals surface area contributed by atoms with Gasteiger partial charge in [-0.25, -0.2) is 0 Å². The van der Waals surface area contributed by atoms with Crippen LogP contribution in [0, 0.1) is 0 Å². The molecular formula is C14H21BrClN3O2. The molecule has 0 aliphatic carbocycles. The van der Waals surface area contributed by atoms with Gasteiger partial charge in [-0.2, -0.15) is 0 Å². The minimum atomic E-state index is -0.0779. The molecule has 5 nitrogen and oxygen atoms in total. The predicted molar refractivity (Wildman–Crippen MR) is 89.6 cm³/mol. The zero-order chi connectivity index (χ0) is 14.4. The highest BCUT2D eigenvalue weighted by Gasteiger charge is 2.13. The number of halogens is 2. The van der Waals surface area contributed by atoms with Crippen molar-refractivity contribution in [2.45, 2.75) is 0 Å². The van der Waals surface area contributed by atoms with E-state index in [0.29, 0.717) is 17.9 Å². The number of rotatable bonds is 5. The SMILES string of the molecule is COc1ccc(Br)c(C(=O)NCCN2CCNCC2)c1.Cl. The normalized spacial score (nSPS) is 15.1. The molecule has 0 unspecified atom stereocenters. The van der Waals surface area contributed by atoms with Crippen LogP contribution >= 0.6 is 28.3 Å². The molecule has 0 saturated carbocycles. The smallest absolute Gasteiger partial charge is 0.252 e. The lowest BCUT2D eigenvalue weighted by Crippen LogP contribution is -2.46. The largest absolute Gasteiger partial charge is 0.497 e. The Morgan fingerprint density at radius 1 is 1.43 bits per heavy atom. The molecule has 1 aliphatic heterocycles. The summed E-state index contributed by atoms with van der Waals surface area (Å²) in [6, 6.07) is 5.38. The van der Waals surface area contributed by atoms with Crippen molar-refractivity contribution in [3.05, 3.63) is 28.2 Å². The first-order valence-corrected chi connectivity index (χ1v) is 7.55. The first-order chi connectivity index (χ1) is 9.70. The fourth-order valence-corrected chi connectivity index (χ4v) is 2.59. The molecule has 118 valence electrons. The number of benzene rings is 1. The van der Waals surface area contributed by atoms with Crippen LogP contribution in [0.2, 0.25) is 0 Å². The molecule has 1 saturated heterocycles. The Hall–Kier alpha value is -0.820. The molecule has 0 bridgehead atoms. The van der Waals surface area contributed by atoms with Gasteiger partial charge in [0.15, 0.2) is 0 Å². The molecule has 0 atom stereocenters. The summed E-state index contributed by atoms with van der Waals surface area (Å²) in [6.45, 7) is 5.67. The number of amides is 1. The summed E-state index contributed by atoms with van der Waals surface area (Å²) in [5, 5.41) is 6.26. The second-order valence-corrected chi connectivity index (χ2v) is 5.55. The van der Waals surface area contributed by atoms with Crippen molar-refractivity contribution < 1.29 is 9.53 Å². The van der Waals surface area contributed by atoms with Gasteiger partial charge in [-0.3, -0.25) is 9.69 Å². The summed E-state index contributed by atoms with van der Waals surface area (Å²) >= 11 is 3.39. The van der Waals surface area contributed by atoms with E-state index in [2.05, 4.69) is 31.5 Å². The third-order valence-corrected chi connectivity index (χ3v) is 4.03. The fraction of sp³-hybridized carbons (Fsp3) is 0.500. The Bertz CT molecular complexity index is 468. The van der Waals surface area contributed by atoms with Crippen molar-refractivity contribution in [3.8, 4) is 5.75 Å². The summed E-state index contributed by atoms with van der Waals surface area (Å²) in [6.07, 6.45) is 0. The van der Waals surface area contributed by atoms with E-state index in [1.807, 2.05) is 12.1 Å². The Morgan fingerprint density at radius 3 is 2.81 bits per heavy atom. The van der Waals surface area contributed by atoms with Crippen LogP contribution in [0.25, 0.3) is 0 Å². The van der Waals surface area contributed by atoms with Crippen molar-refractivity contribution in [1.82, 2.24) is 15.5 Å². The number of carbonyl (C=O) groups is 1. The molecule has 0 spiro atoms. The van der Waals surface area contributed by atoms with E-state index in [9.17, 15) is 4.79 Å². The number of hydrogen-bond donors (Lipinski definition) is 2. The van der Waals surface area contributed by atoms with Crippen molar-refractivity contribution in [2.24, 2.45) is 0 Å². The summed E-state index contributed by atoms with van der Waals surface area (Å²) in [4.78, 5) is 14.5. The maximum absolute atomic E-state index is 12.1. The van der Waals surface area contributed by atoms with Gasteiger partial charge in [0.1, 0.15) is 5.75 Å². The van der Waals surface area contributed by atoms with Gasteiger partial charge >= 0.3 is 0 Å². The van der Waals surface area contributed by atoms with Crippen LogP contribution in [-0.4, -0.2) is 57.2 Å². The highest BCUT2D eigenvalue weighted by Crippen LogP contribution is 2.22. The minimum absolute atomic E-state index is 0. The average molecular weight is 379 g/mol. The van der Waals surface area contributed by atoms with E-state index in [4.69, 9.17) is 4.74 Å². The van der Waals surface area contributed by atoms with Crippen molar-refractivity contribution >= 4 is 34.2 Å². The van der Waals surface area contributed by atoms with E-state index in [0.717, 1.165) is 37.2 Å². The minimum Gasteiger partial charge on any atom is -0.497 e. The number of nitrogens with zero attached hydrogens (tertiary/aromatic N) is 1. The van der Waals surface area contributed by atoms with E-state index < -0.39 is 0 Å². The molecule has 1 aromatic rings. The Labute approximate surface area is 140 Å². The number of carbonyl (C=O) groups excluding carboxylic acids is 1. The lowest BCUT2D eigenvalue weighted by Gasteiger charge is -2.27. The standard InChI is InChI=1S/C14H20BrN3O2.ClH/c1-20-11-2-3-13(15)12(10-11)14(19)17-6-9-18-7-4-16-5-8-18;/h2-3,10,16H,4-9H2,1H3,(H,17,19);1H. The molecule has 21 heavy (non-hydrogen) atoms. The van der Waals surface area contributed by atoms with Gasteiger partial charge in [0.05, 0.1) is 12.7 Å². The zero-order valence-corrected chi connectivity index (χ0v) is 14.4. The molecule has 0 radical (unpaired) electrons. The van der Waals surface area contributed by atoms with Crippen LogP contribution in [0.3, 0.4) is 0 Å². The maximum Gasteiger partial charge on any atom is 0.252 e. The highest BCUT2D eigenvalue weighted by atomic mass is 79.9. The van der Waals surface area contributed by atoms with Gasteiger partial charge in [0, 0.05) is 43.7 Å². The molecule has 1 fully saturated rings. The zero-order valence-electron chi connectivity index (χ0n) is 12.0. The van der Waals surface area contributed by atoms with Crippen LogP contribution in [0.5, 0.6) is 5.75 Å². The first-order valence-electron chi connectivity index (χ1n) is 6.75. The second kappa shape index (κ2) is 9.25. The average Bonchev–Trinajstić information content (AvgIpc) is 2.48. The second-order valence-electron chi connectivity index (χ2n) is 4.69. The van der Waals surface area contributed by atoms with Gasteiger partial charge in [0.2, 0.25) is 0 Å². The molecule has 7 heteroatoms. The molecule has 1 aliphatic rings. The number of ether oxygens (including phenoxy) is 1. The molecule has 1 aromatic carbocycles. The third kappa shape index (κ3) is 5.47. The molecule has 0 aromatic heterocycles.